The van der Waals surface area contributed by atoms with Crippen LogP contribution in [0, 0.1) is 0 Å². The Bertz CT molecular complexity index is 724. The number of aromatic nitrogens is 1. The van der Waals surface area contributed by atoms with Gasteiger partial charge in [-0.2, -0.15) is 0 Å². The first-order valence-electron chi connectivity index (χ1n) is 9.21. The molecule has 1 saturated heterocycles. The van der Waals surface area contributed by atoms with Crippen LogP contribution in [0.4, 0.5) is 5.69 Å². The molecular formula is C21H30N3O+. The van der Waals surface area contributed by atoms with E-state index in [1.807, 2.05) is 12.1 Å². The number of hydrogen-bond donors (Lipinski definition) is 2. The Labute approximate surface area is 150 Å². The lowest BCUT2D eigenvalue weighted by atomic mass is 9.87. The Morgan fingerprint density at radius 2 is 1.96 bits per heavy atom. The summed E-state index contributed by atoms with van der Waals surface area (Å²) in [6, 6.07) is 12.9. The van der Waals surface area contributed by atoms with Crippen LogP contribution in [0.1, 0.15) is 50.9 Å². The molecule has 2 heterocycles. The minimum Gasteiger partial charge on any atom is -0.350 e. The summed E-state index contributed by atoms with van der Waals surface area (Å²) in [5, 5.41) is 3.06. The van der Waals surface area contributed by atoms with E-state index in [-0.39, 0.29) is 11.3 Å². The molecule has 0 aliphatic carbocycles. The van der Waals surface area contributed by atoms with E-state index in [1.54, 1.807) is 0 Å². The number of quaternary nitrogens is 1. The monoisotopic (exact) mass is 340 g/mol. The third-order valence-electron chi connectivity index (χ3n) is 5.25. The van der Waals surface area contributed by atoms with Gasteiger partial charge in [0.1, 0.15) is 6.04 Å². The van der Waals surface area contributed by atoms with Crippen molar-refractivity contribution in [1.82, 2.24) is 4.57 Å². The summed E-state index contributed by atoms with van der Waals surface area (Å²) in [4.78, 5) is 13.9. The first-order valence-corrected chi connectivity index (χ1v) is 9.21. The van der Waals surface area contributed by atoms with Crippen LogP contribution in [0.5, 0.6) is 0 Å². The average Bonchev–Trinajstić information content (AvgIpc) is 3.15. The maximum Gasteiger partial charge on any atom is 0.279 e. The number of hydrogen-bond acceptors (Lipinski definition) is 1. The van der Waals surface area contributed by atoms with E-state index in [2.05, 4.69) is 68.2 Å². The smallest absolute Gasteiger partial charge is 0.279 e. The summed E-state index contributed by atoms with van der Waals surface area (Å²) in [6.07, 6.45) is 4.42. The topological polar surface area (TPSA) is 38.5 Å². The molecule has 1 amide bonds. The van der Waals surface area contributed by atoms with Crippen LogP contribution in [0.2, 0.25) is 0 Å². The summed E-state index contributed by atoms with van der Waals surface area (Å²) >= 11 is 0. The van der Waals surface area contributed by atoms with Crippen LogP contribution >= 0.6 is 0 Å². The molecule has 2 N–H and O–H groups in total. The van der Waals surface area contributed by atoms with E-state index in [0.717, 1.165) is 18.7 Å². The van der Waals surface area contributed by atoms with Gasteiger partial charge in [-0.1, -0.05) is 32.9 Å². The first-order chi connectivity index (χ1) is 11.8. The zero-order valence-electron chi connectivity index (χ0n) is 15.8. The molecule has 1 fully saturated rings. The Kier molecular flexibility index (Phi) is 5.00. The molecule has 1 aromatic carbocycles. The fraction of sp³-hybridized carbons (Fsp3) is 0.476. The Hall–Kier alpha value is -2.07. The van der Waals surface area contributed by atoms with Crippen molar-refractivity contribution in [2.45, 2.75) is 45.1 Å². The van der Waals surface area contributed by atoms with E-state index in [4.69, 9.17) is 0 Å². The van der Waals surface area contributed by atoms with Gasteiger partial charge < -0.3 is 14.8 Å². The number of aryl methyl sites for hydroxylation is 1. The third kappa shape index (κ3) is 4.13. The minimum absolute atomic E-state index is 0.0969. The quantitative estimate of drug-likeness (QED) is 0.882. The molecule has 4 heteroatoms. The van der Waals surface area contributed by atoms with Gasteiger partial charge in [0.05, 0.1) is 12.2 Å². The molecule has 25 heavy (non-hydrogen) atoms. The van der Waals surface area contributed by atoms with Crippen molar-refractivity contribution >= 4 is 11.6 Å². The summed E-state index contributed by atoms with van der Waals surface area (Å²) in [5.41, 5.74) is 3.62. The van der Waals surface area contributed by atoms with Gasteiger partial charge in [0.25, 0.3) is 5.91 Å². The van der Waals surface area contributed by atoms with Crippen LogP contribution in [0.15, 0.2) is 42.6 Å². The van der Waals surface area contributed by atoms with Crippen LogP contribution in [-0.2, 0) is 17.3 Å². The highest BCUT2D eigenvalue weighted by atomic mass is 16.2. The van der Waals surface area contributed by atoms with Crippen molar-refractivity contribution in [3.05, 3.63) is 53.9 Å². The second-order valence-electron chi connectivity index (χ2n) is 8.20. The van der Waals surface area contributed by atoms with Crippen molar-refractivity contribution in [2.24, 2.45) is 7.05 Å². The van der Waals surface area contributed by atoms with E-state index < -0.39 is 0 Å². The number of anilines is 1. The van der Waals surface area contributed by atoms with Gasteiger partial charge in [-0.25, -0.2) is 0 Å². The molecule has 0 spiro atoms. The number of likely N-dealkylation sites (tertiary alicyclic amines) is 1. The van der Waals surface area contributed by atoms with Gasteiger partial charge in [0, 0.05) is 31.8 Å². The molecule has 4 nitrogen and oxygen atoms in total. The maximum absolute atomic E-state index is 12.5. The third-order valence-corrected chi connectivity index (χ3v) is 5.25. The summed E-state index contributed by atoms with van der Waals surface area (Å²) in [7, 11) is 2.09. The standard InChI is InChI=1S/C21H29N3O/c1-21(2,3)16-9-11-17(12-10-16)22-20(25)15-24-14-6-8-19(24)18-7-5-13-23(18)4/h5,7,9-13,19H,6,8,14-15H2,1-4H3,(H,22,25)/p+1/t19-/m1/s1. The Morgan fingerprint density at radius 3 is 2.56 bits per heavy atom. The molecule has 0 bridgehead atoms. The lowest BCUT2D eigenvalue weighted by Gasteiger charge is -2.22. The van der Waals surface area contributed by atoms with Gasteiger partial charge in [0.15, 0.2) is 6.54 Å². The molecule has 134 valence electrons. The van der Waals surface area contributed by atoms with E-state index in [0.29, 0.717) is 12.6 Å². The predicted octanol–water partition coefficient (Wildman–Crippen LogP) is 2.68. The highest BCUT2D eigenvalue weighted by Crippen LogP contribution is 2.23. The van der Waals surface area contributed by atoms with Gasteiger partial charge in [-0.3, -0.25) is 4.79 Å². The largest absolute Gasteiger partial charge is 0.350 e. The molecule has 1 aliphatic heterocycles. The van der Waals surface area contributed by atoms with Gasteiger partial charge in [-0.05, 0) is 35.2 Å². The lowest BCUT2D eigenvalue weighted by Crippen LogP contribution is -3.11. The number of carbonyl (C=O) groups excluding carboxylic acids is 1. The molecule has 1 aliphatic rings. The second kappa shape index (κ2) is 7.04. The van der Waals surface area contributed by atoms with E-state index in [9.17, 15) is 4.79 Å². The lowest BCUT2D eigenvalue weighted by molar-refractivity contribution is -0.910. The molecule has 1 aromatic heterocycles. The van der Waals surface area contributed by atoms with Crippen molar-refractivity contribution in [1.29, 1.82) is 0 Å². The normalized spacial score (nSPS) is 20.6. The van der Waals surface area contributed by atoms with Gasteiger partial charge in [-0.15, -0.1) is 0 Å². The summed E-state index contributed by atoms with van der Waals surface area (Å²) in [5.74, 6) is 0.0969. The number of rotatable bonds is 4. The summed E-state index contributed by atoms with van der Waals surface area (Å²) in [6.45, 7) is 8.17. The highest BCUT2D eigenvalue weighted by molar-refractivity contribution is 5.91. The zero-order chi connectivity index (χ0) is 18.0. The predicted molar refractivity (Wildman–Crippen MR) is 102 cm³/mol. The summed E-state index contributed by atoms with van der Waals surface area (Å²) < 4.78 is 2.18. The molecule has 0 saturated carbocycles. The molecule has 1 unspecified atom stereocenters. The van der Waals surface area contributed by atoms with Crippen molar-refractivity contribution < 1.29 is 9.69 Å². The Morgan fingerprint density at radius 1 is 1.24 bits per heavy atom. The SMILES string of the molecule is Cn1cccc1[C@H]1CCC[NH+]1CC(=O)Nc1ccc(C(C)(C)C)cc1. The van der Waals surface area contributed by atoms with Crippen LogP contribution in [0.3, 0.4) is 0 Å². The minimum atomic E-state index is 0.0969. The van der Waals surface area contributed by atoms with Crippen molar-refractivity contribution in [3.8, 4) is 0 Å². The number of benzene rings is 1. The van der Waals surface area contributed by atoms with Crippen LogP contribution in [0.25, 0.3) is 0 Å². The van der Waals surface area contributed by atoms with Crippen molar-refractivity contribution in [2.75, 3.05) is 18.4 Å². The van der Waals surface area contributed by atoms with E-state index >= 15 is 0 Å². The Balaban J connectivity index is 1.61. The number of amides is 1. The first kappa shape index (κ1) is 17.7. The fourth-order valence-electron chi connectivity index (χ4n) is 3.78. The molecule has 2 aromatic rings. The molecule has 2 atom stereocenters. The van der Waals surface area contributed by atoms with Gasteiger partial charge in [0.2, 0.25) is 0 Å². The zero-order valence-corrected chi connectivity index (χ0v) is 15.8. The molecule has 3 rings (SSSR count). The average molecular weight is 340 g/mol. The van der Waals surface area contributed by atoms with Gasteiger partial charge >= 0.3 is 0 Å². The van der Waals surface area contributed by atoms with Crippen LogP contribution in [-0.4, -0.2) is 23.6 Å². The fourth-order valence-corrected chi connectivity index (χ4v) is 3.78. The van der Waals surface area contributed by atoms with Crippen LogP contribution < -0.4 is 10.2 Å². The molecular weight excluding hydrogens is 310 g/mol. The molecule has 0 radical (unpaired) electrons. The number of nitrogens with one attached hydrogen (secondary N) is 2. The highest BCUT2D eigenvalue weighted by Gasteiger charge is 2.32. The maximum atomic E-state index is 12.5. The number of nitrogens with zero attached hydrogens (tertiary/aromatic N) is 1. The number of carbonyl (C=O) groups is 1. The second-order valence-corrected chi connectivity index (χ2v) is 8.20. The van der Waals surface area contributed by atoms with E-state index in [1.165, 1.54) is 22.6 Å². The van der Waals surface area contributed by atoms with Crippen molar-refractivity contribution in [3.63, 3.8) is 0 Å².